The second kappa shape index (κ2) is 11.1. The van der Waals surface area contributed by atoms with Gasteiger partial charge >= 0.3 is 0 Å². The molecule has 1 aliphatic rings. The molecule has 0 aliphatic carbocycles. The maximum Gasteiger partial charge on any atom is 0.258 e. The molecule has 4 rings (SSSR count). The molecule has 2 heterocycles. The van der Waals surface area contributed by atoms with Gasteiger partial charge in [0.05, 0.1) is 25.4 Å². The molecule has 1 N–H and O–H groups in total. The molecule has 0 radical (unpaired) electrons. The Kier molecular flexibility index (Phi) is 7.91. The first kappa shape index (κ1) is 25.7. The Morgan fingerprint density at radius 1 is 1.14 bits per heavy atom. The number of aliphatic hydroxyl groups excluding tert-OH is 1. The van der Waals surface area contributed by atoms with Crippen LogP contribution < -0.4 is 9.47 Å². The smallest absolute Gasteiger partial charge is 0.258 e. The monoisotopic (exact) mass is 494 g/mol. The van der Waals surface area contributed by atoms with Crippen molar-refractivity contribution in [1.82, 2.24) is 19.9 Å². The topological polar surface area (TPSA) is 101 Å². The molecule has 9 nitrogen and oxygen atoms in total. The van der Waals surface area contributed by atoms with Crippen LogP contribution in [-0.4, -0.2) is 77.0 Å². The summed E-state index contributed by atoms with van der Waals surface area (Å²) < 4.78 is 16.9. The lowest BCUT2D eigenvalue weighted by atomic mass is 10.0. The van der Waals surface area contributed by atoms with Crippen LogP contribution in [0.2, 0.25) is 0 Å². The van der Waals surface area contributed by atoms with Gasteiger partial charge < -0.3 is 24.0 Å². The number of nitrogens with zero attached hydrogens (tertiary/aromatic N) is 4. The van der Waals surface area contributed by atoms with Crippen molar-refractivity contribution in [1.29, 1.82) is 0 Å². The van der Waals surface area contributed by atoms with E-state index in [-0.39, 0.29) is 11.9 Å². The first-order valence-corrected chi connectivity index (χ1v) is 12.3. The van der Waals surface area contributed by atoms with Crippen LogP contribution >= 0.6 is 0 Å². The lowest BCUT2D eigenvalue weighted by molar-refractivity contribution is -0.133. The molecule has 0 spiro atoms. The first-order valence-electron chi connectivity index (χ1n) is 12.3. The highest BCUT2D eigenvalue weighted by Gasteiger charge is 2.36. The Bertz CT molecular complexity index is 1210. The van der Waals surface area contributed by atoms with Crippen molar-refractivity contribution in [3.05, 3.63) is 47.5 Å². The highest BCUT2D eigenvalue weighted by molar-refractivity contribution is 5.81. The minimum Gasteiger partial charge on any atom is -0.490 e. The van der Waals surface area contributed by atoms with E-state index in [4.69, 9.17) is 14.0 Å². The van der Waals surface area contributed by atoms with Gasteiger partial charge in [-0.25, -0.2) is 0 Å². The van der Waals surface area contributed by atoms with Crippen LogP contribution in [0.15, 0.2) is 40.9 Å². The summed E-state index contributed by atoms with van der Waals surface area (Å²) in [4.78, 5) is 20.8. The first-order chi connectivity index (χ1) is 17.3. The number of hydrogen-bond donors (Lipinski definition) is 1. The van der Waals surface area contributed by atoms with Crippen molar-refractivity contribution in [3.8, 4) is 34.3 Å². The van der Waals surface area contributed by atoms with Crippen LogP contribution in [-0.2, 0) is 11.3 Å². The highest BCUT2D eigenvalue weighted by Crippen LogP contribution is 2.33. The van der Waals surface area contributed by atoms with Crippen molar-refractivity contribution in [2.24, 2.45) is 0 Å². The average Bonchev–Trinajstić information content (AvgIpc) is 3.47. The summed E-state index contributed by atoms with van der Waals surface area (Å²) in [5, 5.41) is 14.4. The number of likely N-dealkylation sites (N-methyl/N-ethyl adjacent to an activating group) is 1. The number of likely N-dealkylation sites (tertiary alicyclic amines) is 1. The van der Waals surface area contributed by atoms with Gasteiger partial charge in [0.15, 0.2) is 11.5 Å². The fraction of sp³-hybridized carbons (Fsp3) is 0.444. The van der Waals surface area contributed by atoms with Crippen LogP contribution in [0.5, 0.6) is 11.5 Å². The van der Waals surface area contributed by atoms with Crippen molar-refractivity contribution in [2.45, 2.75) is 45.9 Å². The van der Waals surface area contributed by atoms with Crippen LogP contribution in [0.4, 0.5) is 0 Å². The Morgan fingerprint density at radius 2 is 1.89 bits per heavy atom. The lowest BCUT2D eigenvalue weighted by Gasteiger charge is -2.26. The molecule has 0 saturated carbocycles. The maximum absolute atomic E-state index is 12.6. The van der Waals surface area contributed by atoms with Crippen molar-refractivity contribution in [3.63, 3.8) is 0 Å². The number of amides is 1. The minimum absolute atomic E-state index is 0.0148. The Hall–Kier alpha value is -3.43. The van der Waals surface area contributed by atoms with Crippen LogP contribution in [0.25, 0.3) is 22.8 Å². The Labute approximate surface area is 211 Å². The summed E-state index contributed by atoms with van der Waals surface area (Å²) in [6, 6.07) is 11.3. The number of hydrogen-bond acceptors (Lipinski definition) is 8. The maximum atomic E-state index is 12.6. The summed E-state index contributed by atoms with van der Waals surface area (Å²) in [6.07, 6.45) is -0.0427. The SMILES string of the molecule is CCOc1ccc(-c2nc(-c3ccc(CN4C[C@H](O)CC4C(=O)N(C)C)cc3C)no2)cc1OCC. The number of aryl methyl sites for hydroxylation is 1. The number of ether oxygens (including phenoxy) is 2. The zero-order chi connectivity index (χ0) is 25.8. The quantitative estimate of drug-likeness (QED) is 0.482. The zero-order valence-corrected chi connectivity index (χ0v) is 21.5. The third-order valence-corrected chi connectivity index (χ3v) is 6.24. The molecule has 192 valence electrons. The van der Waals surface area contributed by atoms with E-state index in [9.17, 15) is 9.90 Å². The fourth-order valence-electron chi connectivity index (χ4n) is 4.55. The summed E-state index contributed by atoms with van der Waals surface area (Å²) in [5.74, 6) is 2.22. The summed E-state index contributed by atoms with van der Waals surface area (Å²) in [5.41, 5.74) is 3.67. The van der Waals surface area contributed by atoms with Gasteiger partial charge in [0.1, 0.15) is 0 Å². The van der Waals surface area contributed by atoms with E-state index in [1.54, 1.807) is 19.0 Å². The molecule has 1 fully saturated rings. The number of carbonyl (C=O) groups excluding carboxylic acids is 1. The van der Waals surface area contributed by atoms with Crippen molar-refractivity contribution in [2.75, 3.05) is 33.9 Å². The largest absolute Gasteiger partial charge is 0.490 e. The van der Waals surface area contributed by atoms with E-state index in [1.807, 2.05) is 56.0 Å². The van der Waals surface area contributed by atoms with Gasteiger partial charge in [-0.2, -0.15) is 4.98 Å². The second-order valence-electron chi connectivity index (χ2n) is 9.17. The number of β-amino-alcohol motifs (C(OH)–C–C–N with tert-alkyl or cyclic N) is 1. The predicted octanol–water partition coefficient (Wildman–Crippen LogP) is 3.53. The van der Waals surface area contributed by atoms with Crippen LogP contribution in [0.3, 0.4) is 0 Å². The lowest BCUT2D eigenvalue weighted by Crippen LogP contribution is -2.42. The highest BCUT2D eigenvalue weighted by atomic mass is 16.5. The molecule has 2 aromatic carbocycles. The van der Waals surface area contributed by atoms with Crippen LogP contribution in [0.1, 0.15) is 31.4 Å². The molecule has 1 aliphatic heterocycles. The van der Waals surface area contributed by atoms with Gasteiger partial charge in [-0.05, 0) is 56.5 Å². The number of aromatic nitrogens is 2. The summed E-state index contributed by atoms with van der Waals surface area (Å²) in [6.45, 7) is 7.97. The third-order valence-electron chi connectivity index (χ3n) is 6.24. The molecule has 1 unspecified atom stereocenters. The molecule has 36 heavy (non-hydrogen) atoms. The third kappa shape index (κ3) is 5.52. The number of rotatable bonds is 9. The minimum atomic E-state index is -0.497. The van der Waals surface area contributed by atoms with Gasteiger partial charge in [-0.3, -0.25) is 9.69 Å². The van der Waals surface area contributed by atoms with E-state index in [2.05, 4.69) is 16.2 Å². The normalized spacial score (nSPS) is 17.8. The second-order valence-corrected chi connectivity index (χ2v) is 9.17. The number of aliphatic hydroxyl groups is 1. The van der Waals surface area contributed by atoms with Gasteiger partial charge in [-0.15, -0.1) is 0 Å². The molecule has 2 atom stereocenters. The molecule has 1 aromatic heterocycles. The Morgan fingerprint density at radius 3 is 2.58 bits per heavy atom. The molecule has 9 heteroatoms. The molecule has 3 aromatic rings. The molecule has 1 saturated heterocycles. The average molecular weight is 495 g/mol. The van der Waals surface area contributed by atoms with Gasteiger partial charge in [0.2, 0.25) is 11.7 Å². The molecular formula is C27H34N4O5. The van der Waals surface area contributed by atoms with Gasteiger partial charge in [0, 0.05) is 38.3 Å². The van der Waals surface area contributed by atoms with Crippen molar-refractivity contribution >= 4 is 5.91 Å². The predicted molar refractivity (Wildman–Crippen MR) is 136 cm³/mol. The fourth-order valence-corrected chi connectivity index (χ4v) is 4.55. The summed E-state index contributed by atoms with van der Waals surface area (Å²) >= 11 is 0. The van der Waals surface area contributed by atoms with Gasteiger partial charge in [-0.1, -0.05) is 23.4 Å². The van der Waals surface area contributed by atoms with E-state index in [1.165, 1.54) is 0 Å². The van der Waals surface area contributed by atoms with E-state index in [0.29, 0.717) is 55.9 Å². The number of benzene rings is 2. The summed E-state index contributed by atoms with van der Waals surface area (Å²) in [7, 11) is 3.49. The molecule has 1 amide bonds. The molecular weight excluding hydrogens is 460 g/mol. The van der Waals surface area contributed by atoms with Crippen molar-refractivity contribution < 1.29 is 23.9 Å². The standard InChI is InChI=1S/C27H34N4O5/c1-6-34-23-11-9-19(13-24(23)35-7-2)26-28-25(29-36-26)21-10-8-18(12-17(21)3)15-31-16-20(32)14-22(31)27(33)30(4)5/h8-13,20,22,32H,6-7,14-16H2,1-5H3/t20-,22?/m1/s1. The zero-order valence-electron chi connectivity index (χ0n) is 21.5. The molecule has 0 bridgehead atoms. The van der Waals surface area contributed by atoms with E-state index in [0.717, 1.165) is 22.3 Å². The van der Waals surface area contributed by atoms with E-state index < -0.39 is 6.10 Å². The number of carbonyl (C=O) groups is 1. The Balaban J connectivity index is 1.53. The van der Waals surface area contributed by atoms with Gasteiger partial charge in [0.25, 0.3) is 5.89 Å². The van der Waals surface area contributed by atoms with E-state index >= 15 is 0 Å². The van der Waals surface area contributed by atoms with Crippen LogP contribution in [0, 0.1) is 6.92 Å².